The van der Waals surface area contributed by atoms with E-state index in [-0.39, 0.29) is 6.10 Å². The lowest BCUT2D eigenvalue weighted by Gasteiger charge is -2.31. The molecule has 2 atom stereocenters. The maximum atomic E-state index is 6.48. The summed E-state index contributed by atoms with van der Waals surface area (Å²) in [5.74, 6) is 0.352. The molecule has 0 radical (unpaired) electrons. The molecule has 0 saturated heterocycles. The Hall–Kier alpha value is -1.38. The summed E-state index contributed by atoms with van der Waals surface area (Å²) in [6.45, 7) is 9.01. The molecule has 20 heavy (non-hydrogen) atoms. The molecule has 0 saturated carbocycles. The van der Waals surface area contributed by atoms with E-state index in [2.05, 4.69) is 87.2 Å². The first-order valence-corrected chi connectivity index (χ1v) is 10.7. The van der Waals surface area contributed by atoms with Gasteiger partial charge in [-0.15, -0.1) is 0 Å². The molecule has 0 aliphatic heterocycles. The topological polar surface area (TPSA) is 9.23 Å². The maximum absolute atomic E-state index is 6.48. The van der Waals surface area contributed by atoms with Gasteiger partial charge in [0.05, 0.1) is 6.10 Å². The second-order valence-corrected chi connectivity index (χ2v) is 10.7. The molecule has 0 N–H and O–H groups in total. The van der Waals surface area contributed by atoms with Crippen molar-refractivity contribution in [1.29, 1.82) is 0 Å². The van der Waals surface area contributed by atoms with Crippen molar-refractivity contribution in [2.24, 2.45) is 0 Å². The van der Waals surface area contributed by atoms with Gasteiger partial charge >= 0.3 is 0 Å². The van der Waals surface area contributed by atoms with Crippen LogP contribution in [-0.2, 0) is 4.43 Å². The van der Waals surface area contributed by atoms with Crippen LogP contribution in [0.25, 0.3) is 0 Å². The average Bonchev–Trinajstić information content (AvgIpc) is 2.45. The second-order valence-electron chi connectivity index (χ2n) is 6.26. The van der Waals surface area contributed by atoms with Crippen molar-refractivity contribution < 1.29 is 4.43 Å². The third kappa shape index (κ3) is 4.05. The molecule has 106 valence electrons. The van der Waals surface area contributed by atoms with Crippen LogP contribution in [0.5, 0.6) is 0 Å². The highest BCUT2D eigenvalue weighted by Crippen LogP contribution is 2.35. The van der Waals surface area contributed by atoms with Crippen LogP contribution in [0, 0.1) is 0 Å². The van der Waals surface area contributed by atoms with Gasteiger partial charge in [0.15, 0.2) is 8.32 Å². The van der Waals surface area contributed by atoms with E-state index in [1.165, 1.54) is 11.1 Å². The Morgan fingerprint density at radius 3 is 1.65 bits per heavy atom. The van der Waals surface area contributed by atoms with Gasteiger partial charge in [-0.1, -0.05) is 67.6 Å². The van der Waals surface area contributed by atoms with Crippen molar-refractivity contribution in [2.45, 2.75) is 38.6 Å². The third-order valence-electron chi connectivity index (χ3n) is 3.39. The highest BCUT2D eigenvalue weighted by molar-refractivity contribution is 6.69. The predicted molar refractivity (Wildman–Crippen MR) is 88.5 cm³/mol. The summed E-state index contributed by atoms with van der Waals surface area (Å²) in [7, 11) is -1.60. The van der Waals surface area contributed by atoms with Gasteiger partial charge in [-0.05, 0) is 30.8 Å². The van der Waals surface area contributed by atoms with Crippen molar-refractivity contribution in [3.8, 4) is 0 Å². The van der Waals surface area contributed by atoms with E-state index in [0.29, 0.717) is 5.92 Å². The molecular formula is C18H24OSi. The Morgan fingerprint density at radius 2 is 1.20 bits per heavy atom. The number of hydrogen-bond donors (Lipinski definition) is 0. The number of rotatable bonds is 5. The standard InChI is InChI=1S/C18H24OSi/c1-15(16-11-7-5-8-12-16)18(19-20(2,3)4)17-13-9-6-10-14-17/h5-15,18H,1-4H3/t15-,18-/m0/s1. The molecule has 0 aromatic heterocycles. The Kier molecular flexibility index (Phi) is 4.79. The van der Waals surface area contributed by atoms with E-state index in [4.69, 9.17) is 4.43 Å². The summed E-state index contributed by atoms with van der Waals surface area (Å²) in [6.07, 6.45) is 0.130. The molecule has 0 spiro atoms. The van der Waals surface area contributed by atoms with E-state index in [9.17, 15) is 0 Å². The monoisotopic (exact) mass is 284 g/mol. The fraction of sp³-hybridized carbons (Fsp3) is 0.333. The zero-order valence-electron chi connectivity index (χ0n) is 12.8. The van der Waals surface area contributed by atoms with Crippen molar-refractivity contribution in [3.63, 3.8) is 0 Å². The molecule has 0 aliphatic carbocycles. The van der Waals surface area contributed by atoms with Crippen LogP contribution in [0.3, 0.4) is 0 Å². The zero-order chi connectivity index (χ0) is 14.6. The van der Waals surface area contributed by atoms with E-state index < -0.39 is 8.32 Å². The highest BCUT2D eigenvalue weighted by Gasteiger charge is 2.27. The van der Waals surface area contributed by atoms with Crippen molar-refractivity contribution in [1.82, 2.24) is 0 Å². The molecule has 0 heterocycles. The van der Waals surface area contributed by atoms with Gasteiger partial charge in [0, 0.05) is 5.92 Å². The van der Waals surface area contributed by atoms with Gasteiger partial charge in [0.1, 0.15) is 0 Å². The minimum atomic E-state index is -1.60. The molecule has 2 rings (SSSR count). The first-order chi connectivity index (χ1) is 9.47. The Balaban J connectivity index is 2.32. The van der Waals surface area contributed by atoms with Crippen molar-refractivity contribution in [2.75, 3.05) is 0 Å². The van der Waals surface area contributed by atoms with Crippen molar-refractivity contribution >= 4 is 8.32 Å². The lowest BCUT2D eigenvalue weighted by molar-refractivity contribution is 0.171. The summed E-state index contributed by atoms with van der Waals surface area (Å²) < 4.78 is 6.48. The van der Waals surface area contributed by atoms with Crippen LogP contribution in [0.15, 0.2) is 60.7 Å². The van der Waals surface area contributed by atoms with Gasteiger partial charge in [0.2, 0.25) is 0 Å². The summed E-state index contributed by atoms with van der Waals surface area (Å²) in [4.78, 5) is 0. The first-order valence-electron chi connectivity index (χ1n) is 7.25. The second kappa shape index (κ2) is 6.38. The molecule has 0 fully saturated rings. The normalized spacial score (nSPS) is 14.8. The fourth-order valence-electron chi connectivity index (χ4n) is 2.41. The van der Waals surface area contributed by atoms with Crippen LogP contribution in [-0.4, -0.2) is 8.32 Å². The molecule has 2 aromatic carbocycles. The lowest BCUT2D eigenvalue weighted by atomic mass is 9.91. The molecule has 0 amide bonds. The van der Waals surface area contributed by atoms with Crippen LogP contribution < -0.4 is 0 Å². The quantitative estimate of drug-likeness (QED) is 0.669. The lowest BCUT2D eigenvalue weighted by Crippen LogP contribution is -2.30. The van der Waals surface area contributed by atoms with Crippen molar-refractivity contribution in [3.05, 3.63) is 71.8 Å². The molecule has 2 heteroatoms. The maximum Gasteiger partial charge on any atom is 0.184 e. The van der Waals surface area contributed by atoms with Gasteiger partial charge in [-0.3, -0.25) is 0 Å². The van der Waals surface area contributed by atoms with E-state index in [1.807, 2.05) is 0 Å². The van der Waals surface area contributed by atoms with E-state index >= 15 is 0 Å². The Labute approximate surface area is 123 Å². The van der Waals surface area contributed by atoms with Gasteiger partial charge in [-0.2, -0.15) is 0 Å². The minimum Gasteiger partial charge on any atom is -0.410 e. The molecule has 0 aliphatic rings. The zero-order valence-corrected chi connectivity index (χ0v) is 13.8. The van der Waals surface area contributed by atoms with Crippen LogP contribution in [0.1, 0.15) is 30.1 Å². The van der Waals surface area contributed by atoms with E-state index in [1.54, 1.807) is 0 Å². The fourth-order valence-corrected chi connectivity index (χ4v) is 3.52. The van der Waals surface area contributed by atoms with Crippen LogP contribution in [0.4, 0.5) is 0 Å². The number of benzene rings is 2. The first kappa shape index (κ1) is 15.0. The Bertz CT molecular complexity index is 516. The SMILES string of the molecule is C[C@@H](c1ccccc1)[C@H](O[Si](C)(C)C)c1ccccc1. The number of hydrogen-bond acceptors (Lipinski definition) is 1. The predicted octanol–water partition coefficient (Wildman–Crippen LogP) is 5.38. The van der Waals surface area contributed by atoms with Gasteiger partial charge in [0.25, 0.3) is 0 Å². The molecule has 1 nitrogen and oxygen atoms in total. The summed E-state index contributed by atoms with van der Waals surface area (Å²) in [5, 5.41) is 0. The van der Waals surface area contributed by atoms with Gasteiger partial charge in [-0.25, -0.2) is 0 Å². The molecule has 0 bridgehead atoms. The largest absolute Gasteiger partial charge is 0.410 e. The minimum absolute atomic E-state index is 0.130. The van der Waals surface area contributed by atoms with Gasteiger partial charge < -0.3 is 4.43 Å². The molecule has 2 aromatic rings. The summed E-state index contributed by atoms with van der Waals surface area (Å²) in [6, 6.07) is 21.2. The highest BCUT2D eigenvalue weighted by atomic mass is 28.4. The Morgan fingerprint density at radius 1 is 0.750 bits per heavy atom. The summed E-state index contributed by atoms with van der Waals surface area (Å²) >= 11 is 0. The van der Waals surface area contributed by atoms with Crippen LogP contribution >= 0.6 is 0 Å². The summed E-state index contributed by atoms with van der Waals surface area (Å²) in [5.41, 5.74) is 2.60. The van der Waals surface area contributed by atoms with E-state index in [0.717, 1.165) is 0 Å². The molecule has 0 unspecified atom stereocenters. The smallest absolute Gasteiger partial charge is 0.184 e. The third-order valence-corrected chi connectivity index (χ3v) is 4.35. The average molecular weight is 284 g/mol. The van der Waals surface area contributed by atoms with Crippen LogP contribution in [0.2, 0.25) is 19.6 Å². The molecular weight excluding hydrogens is 260 g/mol.